The minimum atomic E-state index is 0.172. The molecule has 0 radical (unpaired) electrons. The Kier molecular flexibility index (Phi) is 3.06. The van der Waals surface area contributed by atoms with E-state index in [9.17, 15) is 0 Å². The molecule has 2 rings (SSSR count). The van der Waals surface area contributed by atoms with Crippen molar-refractivity contribution in [3.63, 3.8) is 0 Å². The maximum absolute atomic E-state index is 5.63. The predicted molar refractivity (Wildman–Crippen MR) is 52.8 cm³/mol. The molecule has 1 saturated heterocycles. The average molecular weight is 193 g/mol. The minimum absolute atomic E-state index is 0.172. The van der Waals surface area contributed by atoms with Gasteiger partial charge in [0.1, 0.15) is 0 Å². The predicted octanol–water partition coefficient (Wildman–Crippen LogP) is 0.916. The van der Waals surface area contributed by atoms with E-state index in [4.69, 9.17) is 4.74 Å². The molecule has 1 fully saturated rings. The summed E-state index contributed by atoms with van der Waals surface area (Å²) in [4.78, 5) is 8.36. The SMILES string of the molecule is CNC(c1cnccn1)C1CCCO1. The summed E-state index contributed by atoms with van der Waals surface area (Å²) in [5.74, 6) is 0. The molecule has 2 atom stereocenters. The average Bonchev–Trinajstić information content (AvgIpc) is 2.74. The molecule has 0 aliphatic carbocycles. The molecule has 2 heterocycles. The molecular weight excluding hydrogens is 178 g/mol. The van der Waals surface area contributed by atoms with Crippen molar-refractivity contribution < 1.29 is 4.74 Å². The zero-order valence-electron chi connectivity index (χ0n) is 8.31. The smallest absolute Gasteiger partial charge is 0.0786 e. The number of nitrogens with zero attached hydrogens (tertiary/aromatic N) is 2. The van der Waals surface area contributed by atoms with Crippen molar-refractivity contribution in [2.75, 3.05) is 13.7 Å². The van der Waals surface area contributed by atoms with E-state index < -0.39 is 0 Å². The van der Waals surface area contributed by atoms with E-state index >= 15 is 0 Å². The quantitative estimate of drug-likeness (QED) is 0.775. The van der Waals surface area contributed by atoms with Gasteiger partial charge in [0.05, 0.1) is 24.0 Å². The van der Waals surface area contributed by atoms with Crippen LogP contribution in [-0.2, 0) is 4.74 Å². The standard InChI is InChI=1S/C10H15N3O/c1-11-10(9-3-2-6-14-9)8-7-12-4-5-13-8/h4-5,7,9-11H,2-3,6H2,1H3. The second-order valence-corrected chi connectivity index (χ2v) is 3.45. The van der Waals surface area contributed by atoms with Gasteiger partial charge >= 0.3 is 0 Å². The molecule has 1 N–H and O–H groups in total. The van der Waals surface area contributed by atoms with Crippen LogP contribution in [-0.4, -0.2) is 29.7 Å². The van der Waals surface area contributed by atoms with Crippen molar-refractivity contribution >= 4 is 0 Å². The Balaban J connectivity index is 2.12. The van der Waals surface area contributed by atoms with Gasteiger partial charge in [-0.3, -0.25) is 9.97 Å². The van der Waals surface area contributed by atoms with Gasteiger partial charge in [-0.2, -0.15) is 0 Å². The van der Waals surface area contributed by atoms with Crippen molar-refractivity contribution in [1.82, 2.24) is 15.3 Å². The Morgan fingerprint density at radius 1 is 1.57 bits per heavy atom. The Labute approximate surface area is 83.7 Å². The highest BCUT2D eigenvalue weighted by Crippen LogP contribution is 2.24. The molecule has 4 nitrogen and oxygen atoms in total. The molecule has 0 bridgehead atoms. The fourth-order valence-electron chi connectivity index (χ4n) is 1.86. The van der Waals surface area contributed by atoms with Crippen LogP contribution in [0.2, 0.25) is 0 Å². The van der Waals surface area contributed by atoms with Crippen LogP contribution in [0.25, 0.3) is 0 Å². The van der Waals surface area contributed by atoms with E-state index in [-0.39, 0.29) is 12.1 Å². The van der Waals surface area contributed by atoms with Crippen molar-refractivity contribution in [2.24, 2.45) is 0 Å². The summed E-state index contributed by atoms with van der Waals surface area (Å²) in [7, 11) is 1.93. The van der Waals surface area contributed by atoms with Crippen LogP contribution in [0.1, 0.15) is 24.6 Å². The summed E-state index contributed by atoms with van der Waals surface area (Å²) in [6, 6.07) is 0.172. The summed E-state index contributed by atoms with van der Waals surface area (Å²) in [5, 5.41) is 3.23. The van der Waals surface area contributed by atoms with Crippen molar-refractivity contribution in [1.29, 1.82) is 0 Å². The summed E-state index contributed by atoms with van der Waals surface area (Å²) >= 11 is 0. The van der Waals surface area contributed by atoms with Crippen LogP contribution in [0.4, 0.5) is 0 Å². The fourth-order valence-corrected chi connectivity index (χ4v) is 1.86. The molecular formula is C10H15N3O. The second-order valence-electron chi connectivity index (χ2n) is 3.45. The third kappa shape index (κ3) is 1.91. The van der Waals surface area contributed by atoms with E-state index in [1.54, 1.807) is 18.6 Å². The van der Waals surface area contributed by atoms with E-state index in [1.165, 1.54) is 0 Å². The van der Waals surface area contributed by atoms with E-state index in [0.29, 0.717) is 0 Å². The Morgan fingerprint density at radius 3 is 3.07 bits per heavy atom. The van der Waals surface area contributed by atoms with Crippen LogP contribution in [0.5, 0.6) is 0 Å². The number of hydrogen-bond acceptors (Lipinski definition) is 4. The number of aromatic nitrogens is 2. The van der Waals surface area contributed by atoms with Crippen LogP contribution in [0.3, 0.4) is 0 Å². The summed E-state index contributed by atoms with van der Waals surface area (Å²) in [6.45, 7) is 0.864. The van der Waals surface area contributed by atoms with Crippen molar-refractivity contribution in [3.8, 4) is 0 Å². The van der Waals surface area contributed by atoms with Gasteiger partial charge in [0.25, 0.3) is 0 Å². The first-order valence-electron chi connectivity index (χ1n) is 4.96. The number of nitrogens with one attached hydrogen (secondary N) is 1. The van der Waals surface area contributed by atoms with Crippen LogP contribution >= 0.6 is 0 Å². The van der Waals surface area contributed by atoms with Crippen LogP contribution < -0.4 is 5.32 Å². The molecule has 14 heavy (non-hydrogen) atoms. The monoisotopic (exact) mass is 193 g/mol. The summed E-state index contributed by atoms with van der Waals surface area (Å²) in [6.07, 6.45) is 7.69. The molecule has 0 amide bonds. The zero-order valence-corrected chi connectivity index (χ0v) is 8.31. The lowest BCUT2D eigenvalue weighted by Gasteiger charge is -2.21. The number of hydrogen-bond donors (Lipinski definition) is 1. The van der Waals surface area contributed by atoms with Crippen LogP contribution in [0.15, 0.2) is 18.6 Å². The number of likely N-dealkylation sites (N-methyl/N-ethyl adjacent to an activating group) is 1. The van der Waals surface area contributed by atoms with Crippen molar-refractivity contribution in [2.45, 2.75) is 25.0 Å². The van der Waals surface area contributed by atoms with Gasteiger partial charge in [0, 0.05) is 19.0 Å². The fraction of sp³-hybridized carbons (Fsp3) is 0.600. The Hall–Kier alpha value is -1.00. The lowest BCUT2D eigenvalue weighted by atomic mass is 10.1. The van der Waals surface area contributed by atoms with Gasteiger partial charge < -0.3 is 10.1 Å². The highest BCUT2D eigenvalue weighted by Gasteiger charge is 2.26. The van der Waals surface area contributed by atoms with Crippen LogP contribution in [0, 0.1) is 0 Å². The largest absolute Gasteiger partial charge is 0.376 e. The molecule has 1 aromatic rings. The summed E-state index contributed by atoms with van der Waals surface area (Å²) < 4.78 is 5.63. The topological polar surface area (TPSA) is 47.0 Å². The lowest BCUT2D eigenvalue weighted by Crippen LogP contribution is -2.29. The van der Waals surface area contributed by atoms with Gasteiger partial charge in [0.2, 0.25) is 0 Å². The second kappa shape index (κ2) is 4.48. The third-order valence-corrected chi connectivity index (χ3v) is 2.55. The highest BCUT2D eigenvalue weighted by molar-refractivity contribution is 5.05. The minimum Gasteiger partial charge on any atom is -0.376 e. The van der Waals surface area contributed by atoms with E-state index in [2.05, 4.69) is 15.3 Å². The number of ether oxygens (including phenoxy) is 1. The van der Waals surface area contributed by atoms with Gasteiger partial charge in [-0.25, -0.2) is 0 Å². The lowest BCUT2D eigenvalue weighted by molar-refractivity contribution is 0.0794. The van der Waals surface area contributed by atoms with E-state index in [1.807, 2.05) is 7.05 Å². The molecule has 1 aliphatic rings. The molecule has 76 valence electrons. The summed E-state index contributed by atoms with van der Waals surface area (Å²) in [5.41, 5.74) is 0.960. The third-order valence-electron chi connectivity index (χ3n) is 2.55. The molecule has 1 aromatic heterocycles. The van der Waals surface area contributed by atoms with E-state index in [0.717, 1.165) is 25.1 Å². The van der Waals surface area contributed by atoms with Gasteiger partial charge in [-0.05, 0) is 19.9 Å². The first-order valence-corrected chi connectivity index (χ1v) is 4.96. The molecule has 0 saturated carbocycles. The highest BCUT2D eigenvalue weighted by atomic mass is 16.5. The van der Waals surface area contributed by atoms with Gasteiger partial charge in [0.15, 0.2) is 0 Å². The molecule has 0 spiro atoms. The Bertz CT molecular complexity index is 272. The number of rotatable bonds is 3. The van der Waals surface area contributed by atoms with Gasteiger partial charge in [-0.1, -0.05) is 0 Å². The normalized spacial score (nSPS) is 23.6. The zero-order chi connectivity index (χ0) is 9.80. The maximum atomic E-state index is 5.63. The maximum Gasteiger partial charge on any atom is 0.0786 e. The molecule has 4 heteroatoms. The first kappa shape index (κ1) is 9.55. The molecule has 1 aliphatic heterocycles. The Morgan fingerprint density at radius 2 is 2.50 bits per heavy atom. The van der Waals surface area contributed by atoms with Crippen molar-refractivity contribution in [3.05, 3.63) is 24.3 Å². The first-order chi connectivity index (χ1) is 6.92. The molecule has 2 unspecified atom stereocenters. The van der Waals surface area contributed by atoms with Gasteiger partial charge in [-0.15, -0.1) is 0 Å². The molecule has 0 aromatic carbocycles.